The van der Waals surface area contributed by atoms with Crippen LogP contribution in [-0.2, 0) is 5.41 Å². The molecule has 0 aliphatic carbocycles. The lowest BCUT2D eigenvalue weighted by Gasteiger charge is -2.25. The van der Waals surface area contributed by atoms with E-state index in [2.05, 4.69) is 5.32 Å². The molecule has 3 aromatic carbocycles. The molecule has 0 saturated carbocycles. The van der Waals surface area contributed by atoms with E-state index >= 15 is 0 Å². The summed E-state index contributed by atoms with van der Waals surface area (Å²) in [6, 6.07) is 8.69. The number of hydrogen-bond acceptors (Lipinski definition) is 5. The van der Waals surface area contributed by atoms with E-state index in [1.807, 2.05) is 26.8 Å². The molecule has 3 rings (SSSR count). The molecule has 0 heterocycles. The van der Waals surface area contributed by atoms with E-state index in [0.29, 0.717) is 36.0 Å². The number of anilines is 1. The Morgan fingerprint density at radius 2 is 1.60 bits per heavy atom. The highest BCUT2D eigenvalue weighted by Crippen LogP contribution is 2.45. The molecule has 0 saturated heterocycles. The number of carbonyl (C=O) groups is 1. The lowest BCUT2D eigenvalue weighted by atomic mass is 9.84. The third kappa shape index (κ3) is 5.98. The van der Waals surface area contributed by atoms with Gasteiger partial charge < -0.3 is 10.4 Å². The quantitative estimate of drug-likeness (QED) is 0.180. The number of halogens is 4. The Balaban J connectivity index is 2.11. The molecule has 0 aliphatic rings. The zero-order valence-corrected chi connectivity index (χ0v) is 22.8. The Morgan fingerprint density at radius 1 is 0.971 bits per heavy atom. The van der Waals surface area contributed by atoms with Gasteiger partial charge in [0.1, 0.15) is 5.75 Å². The van der Waals surface area contributed by atoms with Crippen LogP contribution in [0.4, 0.5) is 11.4 Å². The van der Waals surface area contributed by atoms with E-state index in [1.165, 1.54) is 23.9 Å². The molecule has 0 fully saturated rings. The molecule has 184 valence electrons. The molecule has 0 spiro atoms. The van der Waals surface area contributed by atoms with Crippen molar-refractivity contribution >= 4 is 75.4 Å². The number of amides is 1. The van der Waals surface area contributed by atoms with Gasteiger partial charge in [-0.15, -0.1) is 0 Å². The first-order valence-electron chi connectivity index (χ1n) is 10.2. The summed E-state index contributed by atoms with van der Waals surface area (Å²) in [5.41, 5.74) is 0.544. The summed E-state index contributed by atoms with van der Waals surface area (Å²) in [7, 11) is 0. The van der Waals surface area contributed by atoms with Crippen LogP contribution in [0.2, 0.25) is 20.1 Å². The van der Waals surface area contributed by atoms with Crippen LogP contribution in [0.5, 0.6) is 5.75 Å². The van der Waals surface area contributed by atoms with Crippen LogP contribution in [0.25, 0.3) is 0 Å². The molecular weight excluding hydrogens is 554 g/mol. The molecule has 2 N–H and O–H groups in total. The van der Waals surface area contributed by atoms with Crippen molar-refractivity contribution in [3.8, 4) is 5.75 Å². The number of nitrogens with zero attached hydrogens (tertiary/aromatic N) is 1. The van der Waals surface area contributed by atoms with Gasteiger partial charge >= 0.3 is 0 Å². The van der Waals surface area contributed by atoms with E-state index < -0.39 is 16.2 Å². The van der Waals surface area contributed by atoms with Crippen LogP contribution in [0, 0.1) is 17.0 Å². The van der Waals surface area contributed by atoms with Crippen LogP contribution in [0.3, 0.4) is 0 Å². The first-order valence-corrected chi connectivity index (χ1v) is 12.5. The zero-order valence-electron chi connectivity index (χ0n) is 19.0. The maximum atomic E-state index is 13.3. The van der Waals surface area contributed by atoms with Crippen molar-refractivity contribution in [1.29, 1.82) is 0 Å². The monoisotopic (exact) mass is 572 g/mol. The number of non-ortho nitro benzene ring substituents is 1. The van der Waals surface area contributed by atoms with Crippen molar-refractivity contribution in [3.05, 3.63) is 83.3 Å². The largest absolute Gasteiger partial charge is 0.507 e. The smallest absolute Gasteiger partial charge is 0.271 e. The highest BCUT2D eigenvalue weighted by molar-refractivity contribution is 7.99. The van der Waals surface area contributed by atoms with Gasteiger partial charge in [0.2, 0.25) is 0 Å². The maximum Gasteiger partial charge on any atom is 0.271 e. The minimum absolute atomic E-state index is 0.00569. The molecule has 0 aromatic heterocycles. The van der Waals surface area contributed by atoms with Crippen LogP contribution in [0.1, 0.15) is 42.3 Å². The predicted octanol–water partition coefficient (Wildman–Crippen LogP) is 8.92. The summed E-state index contributed by atoms with van der Waals surface area (Å²) in [5.74, 6) is -0.793. The summed E-state index contributed by atoms with van der Waals surface area (Å²) in [4.78, 5) is 25.0. The first-order chi connectivity index (χ1) is 16.2. The topological polar surface area (TPSA) is 92.5 Å². The minimum Gasteiger partial charge on any atom is -0.507 e. The first kappa shape index (κ1) is 27.4. The zero-order chi connectivity index (χ0) is 26.2. The maximum absolute atomic E-state index is 13.3. The number of nitro benzene ring substituents is 1. The molecule has 0 bridgehead atoms. The fraction of sp³-hybridized carbons (Fsp3) is 0.208. The van der Waals surface area contributed by atoms with Crippen molar-refractivity contribution in [2.24, 2.45) is 0 Å². The SMILES string of the molecule is Cc1c(Sc2cc(Cl)c(Cl)cc2Cl)cc(C(C)(C)C)c(O)c1C(=O)Nc1ccc([N+](=O)[O-])cc1Cl. The standard InChI is InChI=1S/C24H20Cl4N2O4S/c1-11-19(35-20-10-15(26)14(25)9-17(20)28)8-13(24(2,3)4)22(31)21(11)23(32)29-18-6-5-12(30(33)34)7-16(18)27/h5-10,31H,1-4H3,(H,29,32). The van der Waals surface area contributed by atoms with Crippen molar-refractivity contribution in [2.45, 2.75) is 42.9 Å². The highest BCUT2D eigenvalue weighted by Gasteiger charge is 2.28. The van der Waals surface area contributed by atoms with E-state index in [9.17, 15) is 20.0 Å². The van der Waals surface area contributed by atoms with Crippen molar-refractivity contribution < 1.29 is 14.8 Å². The van der Waals surface area contributed by atoms with Gasteiger partial charge in [0.05, 0.1) is 36.3 Å². The van der Waals surface area contributed by atoms with Gasteiger partial charge in [-0.1, -0.05) is 78.9 Å². The summed E-state index contributed by atoms with van der Waals surface area (Å²) >= 11 is 26.0. The fourth-order valence-corrected chi connectivity index (χ4v) is 5.25. The van der Waals surface area contributed by atoms with Gasteiger partial charge in [-0.2, -0.15) is 0 Å². The fourth-order valence-electron chi connectivity index (χ4n) is 3.30. The summed E-state index contributed by atoms with van der Waals surface area (Å²) < 4.78 is 0. The molecule has 11 heteroatoms. The average molecular weight is 574 g/mol. The summed E-state index contributed by atoms with van der Waals surface area (Å²) in [6.07, 6.45) is 0. The van der Waals surface area contributed by atoms with Crippen LogP contribution >= 0.6 is 58.2 Å². The normalized spacial score (nSPS) is 11.4. The van der Waals surface area contributed by atoms with Gasteiger partial charge in [-0.25, -0.2) is 0 Å². The minimum atomic E-state index is -0.621. The predicted molar refractivity (Wildman–Crippen MR) is 143 cm³/mol. The molecule has 6 nitrogen and oxygen atoms in total. The second-order valence-corrected chi connectivity index (χ2v) is 11.4. The number of phenols is 1. The number of carbonyl (C=O) groups excluding carboxylic acids is 1. The van der Waals surface area contributed by atoms with Gasteiger partial charge in [-0.3, -0.25) is 14.9 Å². The number of phenolic OH excluding ortho intramolecular Hbond substituents is 1. The lowest BCUT2D eigenvalue weighted by molar-refractivity contribution is -0.384. The number of benzene rings is 3. The number of nitro groups is 1. The van der Waals surface area contributed by atoms with E-state index in [4.69, 9.17) is 46.4 Å². The summed E-state index contributed by atoms with van der Waals surface area (Å²) in [6.45, 7) is 7.43. The van der Waals surface area contributed by atoms with E-state index in [1.54, 1.807) is 19.1 Å². The Labute approximate surface area is 226 Å². The third-order valence-electron chi connectivity index (χ3n) is 5.15. The molecule has 0 atom stereocenters. The van der Waals surface area contributed by atoms with Crippen molar-refractivity contribution in [2.75, 3.05) is 5.32 Å². The van der Waals surface area contributed by atoms with Gasteiger partial charge in [0.25, 0.3) is 11.6 Å². The van der Waals surface area contributed by atoms with Crippen molar-refractivity contribution in [3.63, 3.8) is 0 Å². The van der Waals surface area contributed by atoms with Crippen molar-refractivity contribution in [1.82, 2.24) is 0 Å². The van der Waals surface area contributed by atoms with Gasteiger partial charge in [0, 0.05) is 27.5 Å². The summed E-state index contributed by atoms with van der Waals surface area (Å²) in [5, 5.41) is 25.8. The molecule has 0 unspecified atom stereocenters. The number of hydrogen-bond donors (Lipinski definition) is 2. The second-order valence-electron chi connectivity index (χ2n) is 8.70. The Morgan fingerprint density at radius 3 is 2.17 bits per heavy atom. The average Bonchev–Trinajstić information content (AvgIpc) is 2.74. The number of nitrogens with one attached hydrogen (secondary N) is 1. The Kier molecular flexibility index (Phi) is 8.19. The van der Waals surface area contributed by atoms with Crippen LogP contribution < -0.4 is 5.32 Å². The molecule has 0 aliphatic heterocycles. The van der Waals surface area contributed by atoms with Crippen LogP contribution in [0.15, 0.2) is 46.2 Å². The number of rotatable bonds is 5. The highest BCUT2D eigenvalue weighted by atomic mass is 35.5. The Hall–Kier alpha value is -2.16. The molecule has 3 aromatic rings. The Bertz CT molecular complexity index is 1360. The lowest BCUT2D eigenvalue weighted by Crippen LogP contribution is -2.18. The van der Waals surface area contributed by atoms with Gasteiger partial charge in [0.15, 0.2) is 0 Å². The van der Waals surface area contributed by atoms with Gasteiger partial charge in [-0.05, 0) is 42.2 Å². The molecule has 0 radical (unpaired) electrons. The second kappa shape index (κ2) is 10.4. The molecule has 1 amide bonds. The van der Waals surface area contributed by atoms with E-state index in [0.717, 1.165) is 6.07 Å². The van der Waals surface area contributed by atoms with E-state index in [-0.39, 0.29) is 27.7 Å². The third-order valence-corrected chi connectivity index (χ3v) is 7.81. The molecule has 35 heavy (non-hydrogen) atoms. The number of aromatic hydroxyl groups is 1. The molecular formula is C24H20Cl4N2O4S. The van der Waals surface area contributed by atoms with Crippen LogP contribution in [-0.4, -0.2) is 15.9 Å².